The summed E-state index contributed by atoms with van der Waals surface area (Å²) in [5.74, 6) is 2.53. The Morgan fingerprint density at radius 3 is 2.56 bits per heavy atom. The quantitative estimate of drug-likeness (QED) is 0.660. The highest BCUT2D eigenvalue weighted by Crippen LogP contribution is 2.23. The second-order valence-electron chi connectivity index (χ2n) is 7.53. The van der Waals surface area contributed by atoms with E-state index in [1.807, 2.05) is 31.3 Å². The molecule has 1 fully saturated rings. The van der Waals surface area contributed by atoms with Crippen molar-refractivity contribution in [1.29, 1.82) is 0 Å². The summed E-state index contributed by atoms with van der Waals surface area (Å²) >= 11 is 0. The van der Waals surface area contributed by atoms with Crippen molar-refractivity contribution in [1.82, 2.24) is 15.1 Å². The summed E-state index contributed by atoms with van der Waals surface area (Å²) in [6.07, 6.45) is 2.54. The Balaban J connectivity index is 1.88. The normalized spacial score (nSPS) is 17.9. The molecule has 1 unspecified atom stereocenters. The molecule has 1 amide bonds. The van der Waals surface area contributed by atoms with Crippen molar-refractivity contribution < 1.29 is 4.79 Å². The van der Waals surface area contributed by atoms with Gasteiger partial charge < -0.3 is 15.1 Å². The molecule has 0 saturated carbocycles. The number of benzene rings is 1. The van der Waals surface area contributed by atoms with E-state index in [1.54, 1.807) is 19.0 Å². The van der Waals surface area contributed by atoms with Gasteiger partial charge in [-0.15, -0.1) is 0 Å². The van der Waals surface area contributed by atoms with Crippen LogP contribution in [0.4, 0.5) is 0 Å². The number of rotatable bonds is 5. The number of hydrogen-bond acceptors (Lipinski definition) is 2. The van der Waals surface area contributed by atoms with Crippen LogP contribution in [0.15, 0.2) is 29.3 Å². The van der Waals surface area contributed by atoms with Crippen molar-refractivity contribution in [2.24, 2.45) is 16.8 Å². The van der Waals surface area contributed by atoms with Gasteiger partial charge in [0.1, 0.15) is 0 Å². The second kappa shape index (κ2) is 8.88. The third-order valence-electron chi connectivity index (χ3n) is 4.66. The van der Waals surface area contributed by atoms with Crippen molar-refractivity contribution in [3.05, 3.63) is 35.4 Å². The summed E-state index contributed by atoms with van der Waals surface area (Å²) in [6.45, 7) is 7.47. The SMILES string of the molecule is CN=C(NCc1ccc(C(=O)N(C)C)cc1)N1CCC(CC(C)C)C1. The molecule has 138 valence electrons. The van der Waals surface area contributed by atoms with Crippen molar-refractivity contribution in [3.63, 3.8) is 0 Å². The van der Waals surface area contributed by atoms with Gasteiger partial charge in [-0.25, -0.2) is 0 Å². The molecule has 1 atom stereocenters. The average molecular weight is 345 g/mol. The molecule has 0 radical (unpaired) electrons. The molecule has 1 aromatic carbocycles. The van der Waals surface area contributed by atoms with Crippen LogP contribution in [-0.2, 0) is 6.54 Å². The van der Waals surface area contributed by atoms with Gasteiger partial charge in [0, 0.05) is 46.3 Å². The summed E-state index contributed by atoms with van der Waals surface area (Å²) in [7, 11) is 5.38. The van der Waals surface area contributed by atoms with E-state index in [0.29, 0.717) is 12.1 Å². The van der Waals surface area contributed by atoms with Crippen LogP contribution in [-0.4, -0.2) is 55.9 Å². The van der Waals surface area contributed by atoms with Crippen LogP contribution in [0.5, 0.6) is 0 Å². The molecule has 5 heteroatoms. The Labute approximate surface area is 152 Å². The zero-order valence-electron chi connectivity index (χ0n) is 16.2. The van der Waals surface area contributed by atoms with Crippen molar-refractivity contribution in [2.45, 2.75) is 33.2 Å². The third-order valence-corrected chi connectivity index (χ3v) is 4.66. The number of nitrogens with one attached hydrogen (secondary N) is 1. The maximum atomic E-state index is 11.9. The zero-order chi connectivity index (χ0) is 18.4. The summed E-state index contributed by atoms with van der Waals surface area (Å²) in [6, 6.07) is 7.78. The van der Waals surface area contributed by atoms with E-state index < -0.39 is 0 Å². The molecular weight excluding hydrogens is 312 g/mol. The molecular formula is C20H32N4O. The molecule has 2 rings (SSSR count). The minimum Gasteiger partial charge on any atom is -0.352 e. The molecule has 0 aromatic heterocycles. The number of carbonyl (C=O) groups excluding carboxylic acids is 1. The lowest BCUT2D eigenvalue weighted by molar-refractivity contribution is 0.0827. The van der Waals surface area contributed by atoms with Gasteiger partial charge in [-0.3, -0.25) is 9.79 Å². The summed E-state index contributed by atoms with van der Waals surface area (Å²) < 4.78 is 0. The highest BCUT2D eigenvalue weighted by molar-refractivity contribution is 5.93. The van der Waals surface area contributed by atoms with E-state index in [1.165, 1.54) is 12.8 Å². The van der Waals surface area contributed by atoms with Crippen molar-refractivity contribution in [2.75, 3.05) is 34.2 Å². The van der Waals surface area contributed by atoms with E-state index in [0.717, 1.165) is 36.4 Å². The number of guanidine groups is 1. The smallest absolute Gasteiger partial charge is 0.253 e. The van der Waals surface area contributed by atoms with Gasteiger partial charge in [-0.2, -0.15) is 0 Å². The van der Waals surface area contributed by atoms with Gasteiger partial charge >= 0.3 is 0 Å². The topological polar surface area (TPSA) is 47.9 Å². The summed E-state index contributed by atoms with van der Waals surface area (Å²) in [5.41, 5.74) is 1.86. The fourth-order valence-corrected chi connectivity index (χ4v) is 3.42. The van der Waals surface area contributed by atoms with E-state index in [4.69, 9.17) is 0 Å². The molecule has 25 heavy (non-hydrogen) atoms. The van der Waals surface area contributed by atoms with Crippen LogP contribution in [0.25, 0.3) is 0 Å². The number of amides is 1. The van der Waals surface area contributed by atoms with E-state index in [2.05, 4.69) is 29.1 Å². The van der Waals surface area contributed by atoms with E-state index in [9.17, 15) is 4.79 Å². The minimum absolute atomic E-state index is 0.0311. The Kier molecular flexibility index (Phi) is 6.85. The number of carbonyl (C=O) groups is 1. The van der Waals surface area contributed by atoms with Gasteiger partial charge in [0.15, 0.2) is 5.96 Å². The predicted octanol–water partition coefficient (Wildman–Crippen LogP) is 2.83. The Hall–Kier alpha value is -2.04. The first-order valence-corrected chi connectivity index (χ1v) is 9.17. The number of aliphatic imine (C=N–C) groups is 1. The molecule has 0 bridgehead atoms. The molecule has 0 spiro atoms. The molecule has 1 N–H and O–H groups in total. The lowest BCUT2D eigenvalue weighted by Gasteiger charge is -2.22. The van der Waals surface area contributed by atoms with Gasteiger partial charge in [-0.1, -0.05) is 26.0 Å². The predicted molar refractivity (Wildman–Crippen MR) is 104 cm³/mol. The molecule has 1 heterocycles. The number of hydrogen-bond donors (Lipinski definition) is 1. The fraction of sp³-hybridized carbons (Fsp3) is 0.600. The molecule has 1 saturated heterocycles. The van der Waals surface area contributed by atoms with Crippen LogP contribution in [0, 0.1) is 11.8 Å². The third kappa shape index (κ3) is 5.48. The highest BCUT2D eigenvalue weighted by atomic mass is 16.2. The van der Waals surface area contributed by atoms with Crippen LogP contribution in [0.3, 0.4) is 0 Å². The van der Waals surface area contributed by atoms with E-state index >= 15 is 0 Å². The standard InChI is InChI=1S/C20H32N4O/c1-15(2)12-17-10-11-24(14-17)20(21-3)22-13-16-6-8-18(9-7-16)19(25)23(4)5/h6-9,15,17H,10-14H2,1-5H3,(H,21,22). The molecule has 1 aliphatic rings. The molecule has 1 aliphatic heterocycles. The largest absolute Gasteiger partial charge is 0.352 e. The van der Waals surface area contributed by atoms with Crippen molar-refractivity contribution in [3.8, 4) is 0 Å². The fourth-order valence-electron chi connectivity index (χ4n) is 3.42. The summed E-state index contributed by atoms with van der Waals surface area (Å²) in [5, 5.41) is 3.45. The highest BCUT2D eigenvalue weighted by Gasteiger charge is 2.25. The molecule has 0 aliphatic carbocycles. The lowest BCUT2D eigenvalue weighted by Crippen LogP contribution is -2.39. The maximum absolute atomic E-state index is 11.9. The Bertz CT molecular complexity index is 592. The summed E-state index contributed by atoms with van der Waals surface area (Å²) in [4.78, 5) is 20.3. The van der Waals surface area contributed by atoms with Gasteiger partial charge in [0.05, 0.1) is 0 Å². The first-order chi connectivity index (χ1) is 11.9. The van der Waals surface area contributed by atoms with Crippen molar-refractivity contribution >= 4 is 11.9 Å². The molecule has 5 nitrogen and oxygen atoms in total. The first kappa shape index (κ1) is 19.3. The molecule has 1 aromatic rings. The first-order valence-electron chi connectivity index (χ1n) is 9.17. The van der Waals surface area contributed by atoms with Crippen LogP contribution in [0.1, 0.15) is 42.6 Å². The lowest BCUT2D eigenvalue weighted by atomic mass is 9.97. The van der Waals surface area contributed by atoms with Crippen LogP contribution in [0.2, 0.25) is 0 Å². The zero-order valence-corrected chi connectivity index (χ0v) is 16.2. The van der Waals surface area contributed by atoms with Crippen LogP contribution < -0.4 is 5.32 Å². The van der Waals surface area contributed by atoms with Crippen LogP contribution >= 0.6 is 0 Å². The number of nitrogens with zero attached hydrogens (tertiary/aromatic N) is 3. The van der Waals surface area contributed by atoms with E-state index in [-0.39, 0.29) is 5.91 Å². The Morgan fingerprint density at radius 1 is 1.32 bits per heavy atom. The number of likely N-dealkylation sites (tertiary alicyclic amines) is 1. The van der Waals surface area contributed by atoms with Gasteiger partial charge in [0.2, 0.25) is 0 Å². The maximum Gasteiger partial charge on any atom is 0.253 e. The average Bonchev–Trinajstić information content (AvgIpc) is 3.02. The monoisotopic (exact) mass is 344 g/mol. The minimum atomic E-state index is 0.0311. The Morgan fingerprint density at radius 2 is 2.00 bits per heavy atom. The van der Waals surface area contributed by atoms with Gasteiger partial charge in [0.25, 0.3) is 5.91 Å². The van der Waals surface area contributed by atoms with Gasteiger partial charge in [-0.05, 0) is 42.4 Å². The second-order valence-corrected chi connectivity index (χ2v) is 7.53.